The van der Waals surface area contributed by atoms with Crippen molar-refractivity contribution in [2.24, 2.45) is 0 Å². The van der Waals surface area contributed by atoms with E-state index >= 15 is 0 Å². The predicted octanol–water partition coefficient (Wildman–Crippen LogP) is 1.53. The van der Waals surface area contributed by atoms with Crippen molar-refractivity contribution in [3.63, 3.8) is 0 Å². The third-order valence-corrected chi connectivity index (χ3v) is 4.94. The second kappa shape index (κ2) is 7.22. The molecule has 0 N–H and O–H groups in total. The lowest BCUT2D eigenvalue weighted by Gasteiger charge is -2.28. The quantitative estimate of drug-likeness (QED) is 0.721. The molecule has 0 atom stereocenters. The number of likely N-dealkylation sites (N-methyl/N-ethyl adjacent to an activating group) is 1. The molecule has 0 aliphatic carbocycles. The number of halogens is 1. The third-order valence-electron chi connectivity index (χ3n) is 3.51. The Kier molecular flexibility index (Phi) is 5.58. The molecule has 5 nitrogen and oxygen atoms in total. The third kappa shape index (κ3) is 3.94. The standard InChI is InChI=1S/C15H19IN2O3/c1-11-4-3-5-12(14(11)16)15(20)17(2)10-13(19)18-6-8-21-9-7-18/h3-5H,6-10H2,1-2H3. The summed E-state index contributed by atoms with van der Waals surface area (Å²) >= 11 is 2.17. The molecule has 1 aromatic rings. The number of nitrogens with zero attached hydrogens (tertiary/aromatic N) is 2. The molecule has 21 heavy (non-hydrogen) atoms. The predicted molar refractivity (Wildman–Crippen MR) is 88.3 cm³/mol. The number of benzene rings is 1. The van der Waals surface area contributed by atoms with E-state index < -0.39 is 0 Å². The van der Waals surface area contributed by atoms with Gasteiger partial charge in [-0.1, -0.05) is 12.1 Å². The fraction of sp³-hybridized carbons (Fsp3) is 0.467. The Labute approximate surface area is 138 Å². The molecule has 1 fully saturated rings. The normalized spacial score (nSPS) is 14.9. The van der Waals surface area contributed by atoms with E-state index in [-0.39, 0.29) is 18.4 Å². The number of hydrogen-bond donors (Lipinski definition) is 0. The van der Waals surface area contributed by atoms with Crippen LogP contribution in [0.15, 0.2) is 18.2 Å². The summed E-state index contributed by atoms with van der Waals surface area (Å²) in [5.74, 6) is -0.151. The largest absolute Gasteiger partial charge is 0.378 e. The lowest BCUT2D eigenvalue weighted by Crippen LogP contribution is -2.46. The van der Waals surface area contributed by atoms with E-state index in [4.69, 9.17) is 4.74 Å². The number of aryl methyl sites for hydroxylation is 1. The lowest BCUT2D eigenvalue weighted by atomic mass is 10.1. The van der Waals surface area contributed by atoms with Gasteiger partial charge in [-0.15, -0.1) is 0 Å². The summed E-state index contributed by atoms with van der Waals surface area (Å²) < 4.78 is 6.16. The summed E-state index contributed by atoms with van der Waals surface area (Å²) in [5, 5.41) is 0. The molecule has 0 unspecified atom stereocenters. The van der Waals surface area contributed by atoms with E-state index in [9.17, 15) is 9.59 Å². The van der Waals surface area contributed by atoms with Crippen LogP contribution in [0.1, 0.15) is 15.9 Å². The molecule has 0 radical (unpaired) electrons. The monoisotopic (exact) mass is 402 g/mol. The first-order valence-corrected chi connectivity index (χ1v) is 7.94. The first-order chi connectivity index (χ1) is 10.0. The second-order valence-electron chi connectivity index (χ2n) is 5.09. The van der Waals surface area contributed by atoms with Gasteiger partial charge in [0.1, 0.15) is 0 Å². The fourth-order valence-corrected chi connectivity index (χ4v) is 2.80. The molecule has 1 heterocycles. The topological polar surface area (TPSA) is 49.9 Å². The second-order valence-corrected chi connectivity index (χ2v) is 6.17. The van der Waals surface area contributed by atoms with Crippen LogP contribution in [0.4, 0.5) is 0 Å². The highest BCUT2D eigenvalue weighted by Gasteiger charge is 2.22. The molecule has 2 amide bonds. The minimum absolute atomic E-state index is 0.0307. The molecular weight excluding hydrogens is 383 g/mol. The van der Waals surface area contributed by atoms with Gasteiger partial charge in [0.15, 0.2) is 0 Å². The number of amides is 2. The molecule has 1 saturated heterocycles. The van der Waals surface area contributed by atoms with Gasteiger partial charge in [-0.3, -0.25) is 9.59 Å². The maximum atomic E-state index is 12.5. The maximum Gasteiger partial charge on any atom is 0.255 e. The van der Waals surface area contributed by atoms with Crippen LogP contribution in [-0.4, -0.2) is 61.5 Å². The Bertz CT molecular complexity index is 542. The van der Waals surface area contributed by atoms with Gasteiger partial charge in [0, 0.05) is 23.7 Å². The summed E-state index contributed by atoms with van der Waals surface area (Å²) in [6.07, 6.45) is 0. The minimum atomic E-state index is -0.121. The van der Waals surface area contributed by atoms with E-state index in [1.807, 2.05) is 19.1 Å². The van der Waals surface area contributed by atoms with Crippen LogP contribution in [0.5, 0.6) is 0 Å². The molecule has 114 valence electrons. The Morgan fingerprint density at radius 2 is 2.00 bits per heavy atom. The molecule has 1 aromatic carbocycles. The van der Waals surface area contributed by atoms with Crippen LogP contribution in [0.2, 0.25) is 0 Å². The Morgan fingerprint density at radius 1 is 1.33 bits per heavy atom. The fourth-order valence-electron chi connectivity index (χ4n) is 2.21. The number of carbonyl (C=O) groups excluding carboxylic acids is 2. The van der Waals surface area contributed by atoms with Gasteiger partial charge in [-0.2, -0.15) is 0 Å². The zero-order valence-electron chi connectivity index (χ0n) is 12.3. The van der Waals surface area contributed by atoms with Gasteiger partial charge in [-0.25, -0.2) is 0 Å². The molecule has 0 aromatic heterocycles. The zero-order chi connectivity index (χ0) is 15.4. The van der Waals surface area contributed by atoms with Gasteiger partial charge >= 0.3 is 0 Å². The van der Waals surface area contributed by atoms with Gasteiger partial charge in [0.2, 0.25) is 5.91 Å². The zero-order valence-corrected chi connectivity index (χ0v) is 14.4. The first kappa shape index (κ1) is 16.2. The van der Waals surface area contributed by atoms with Gasteiger partial charge in [0.05, 0.1) is 25.3 Å². The summed E-state index contributed by atoms with van der Waals surface area (Å²) in [7, 11) is 1.67. The number of rotatable bonds is 3. The number of carbonyl (C=O) groups is 2. The minimum Gasteiger partial charge on any atom is -0.378 e. The summed E-state index contributed by atoms with van der Waals surface area (Å²) in [6, 6.07) is 5.63. The lowest BCUT2D eigenvalue weighted by molar-refractivity contribution is -0.135. The SMILES string of the molecule is Cc1cccc(C(=O)N(C)CC(=O)N2CCOCC2)c1I. The molecule has 0 bridgehead atoms. The van der Waals surface area contributed by atoms with Crippen molar-refractivity contribution < 1.29 is 14.3 Å². The van der Waals surface area contributed by atoms with Crippen molar-refractivity contribution >= 4 is 34.4 Å². The maximum absolute atomic E-state index is 12.5. The Balaban J connectivity index is 2.02. The molecule has 6 heteroatoms. The van der Waals surface area contributed by atoms with Crippen molar-refractivity contribution in [2.75, 3.05) is 39.9 Å². The summed E-state index contributed by atoms with van der Waals surface area (Å²) in [4.78, 5) is 27.9. The highest BCUT2D eigenvalue weighted by Crippen LogP contribution is 2.18. The van der Waals surface area contributed by atoms with Crippen LogP contribution < -0.4 is 0 Å². The van der Waals surface area contributed by atoms with Crippen molar-refractivity contribution in [1.82, 2.24) is 9.80 Å². The van der Waals surface area contributed by atoms with Crippen LogP contribution >= 0.6 is 22.6 Å². The molecular formula is C15H19IN2O3. The molecule has 0 saturated carbocycles. The van der Waals surface area contributed by atoms with E-state index in [0.29, 0.717) is 31.9 Å². The van der Waals surface area contributed by atoms with Crippen molar-refractivity contribution in [3.05, 3.63) is 32.9 Å². The van der Waals surface area contributed by atoms with Crippen LogP contribution in [-0.2, 0) is 9.53 Å². The average Bonchev–Trinajstić information content (AvgIpc) is 2.50. The number of hydrogen-bond acceptors (Lipinski definition) is 3. The smallest absolute Gasteiger partial charge is 0.255 e. The Hall–Kier alpha value is -1.15. The van der Waals surface area contributed by atoms with Crippen molar-refractivity contribution in [1.29, 1.82) is 0 Å². The van der Waals surface area contributed by atoms with E-state index in [0.717, 1.165) is 9.13 Å². The van der Waals surface area contributed by atoms with Crippen molar-refractivity contribution in [2.45, 2.75) is 6.92 Å². The summed E-state index contributed by atoms with van der Waals surface area (Å²) in [5.41, 5.74) is 1.71. The van der Waals surface area contributed by atoms with Crippen LogP contribution in [0.3, 0.4) is 0 Å². The highest BCUT2D eigenvalue weighted by atomic mass is 127. The molecule has 1 aliphatic heterocycles. The number of ether oxygens (including phenoxy) is 1. The van der Waals surface area contributed by atoms with Crippen molar-refractivity contribution in [3.8, 4) is 0 Å². The average molecular weight is 402 g/mol. The number of morpholine rings is 1. The van der Waals surface area contributed by atoms with Gasteiger partial charge in [0.25, 0.3) is 5.91 Å². The molecule has 1 aliphatic rings. The van der Waals surface area contributed by atoms with E-state index in [1.54, 1.807) is 18.0 Å². The first-order valence-electron chi connectivity index (χ1n) is 6.87. The van der Waals surface area contributed by atoms with Crippen LogP contribution in [0, 0.1) is 10.5 Å². The van der Waals surface area contributed by atoms with Crippen LogP contribution in [0.25, 0.3) is 0 Å². The van der Waals surface area contributed by atoms with E-state index in [1.165, 1.54) is 4.90 Å². The highest BCUT2D eigenvalue weighted by molar-refractivity contribution is 14.1. The molecule has 0 spiro atoms. The van der Waals surface area contributed by atoms with E-state index in [2.05, 4.69) is 22.6 Å². The molecule has 2 rings (SSSR count). The van der Waals surface area contributed by atoms with Gasteiger partial charge in [-0.05, 0) is 41.1 Å². The Morgan fingerprint density at radius 3 is 2.67 bits per heavy atom. The van der Waals surface area contributed by atoms with Gasteiger partial charge < -0.3 is 14.5 Å². The summed E-state index contributed by atoms with van der Waals surface area (Å²) in [6.45, 7) is 4.41.